The van der Waals surface area contributed by atoms with Gasteiger partial charge in [0.25, 0.3) is 0 Å². The molecule has 0 radical (unpaired) electrons. The van der Waals surface area contributed by atoms with E-state index in [0.29, 0.717) is 0 Å². The lowest BCUT2D eigenvalue weighted by Gasteiger charge is -2.27. The molecule has 0 N–H and O–H groups in total. The molecule has 4 aromatic carbocycles. The van der Waals surface area contributed by atoms with Crippen LogP contribution in [0.25, 0.3) is 0 Å². The van der Waals surface area contributed by atoms with E-state index in [-0.39, 0.29) is 24.0 Å². The highest BCUT2D eigenvalue weighted by atomic mass is 127. The van der Waals surface area contributed by atoms with Gasteiger partial charge >= 0.3 is 0 Å². The van der Waals surface area contributed by atoms with Crippen molar-refractivity contribution in [2.75, 3.05) is 24.6 Å². The molecule has 3 heteroatoms. The van der Waals surface area contributed by atoms with Gasteiger partial charge in [0.15, 0.2) is 0 Å². The Morgan fingerprint density at radius 1 is 0.381 bits per heavy atom. The summed E-state index contributed by atoms with van der Waals surface area (Å²) in [5, 5.41) is 3.26. The molecule has 224 valence electrons. The molecule has 4 aromatic rings. The Kier molecular flexibility index (Phi) is 15.8. The summed E-state index contributed by atoms with van der Waals surface area (Å²) in [6.45, 7) is 4.88. The molecule has 0 nitrogen and oxygen atoms in total. The summed E-state index contributed by atoms with van der Waals surface area (Å²) < 4.78 is 0. The van der Waals surface area contributed by atoms with E-state index in [1.807, 2.05) is 0 Å². The summed E-state index contributed by atoms with van der Waals surface area (Å²) in [6.07, 6.45) is 17.6. The van der Waals surface area contributed by atoms with Crippen molar-refractivity contribution in [3.8, 4) is 0 Å². The molecule has 0 spiro atoms. The molecular formula is C39H52IP2+. The van der Waals surface area contributed by atoms with Crippen molar-refractivity contribution in [3.63, 3.8) is 0 Å². The van der Waals surface area contributed by atoms with E-state index in [9.17, 15) is 0 Å². The molecule has 0 aromatic heterocycles. The summed E-state index contributed by atoms with van der Waals surface area (Å²) >= 11 is 0. The predicted molar refractivity (Wildman–Crippen MR) is 189 cm³/mol. The number of benzene rings is 4. The van der Waals surface area contributed by atoms with Gasteiger partial charge in [0.1, 0.15) is 0 Å². The highest BCUT2D eigenvalue weighted by molar-refractivity contribution is 7.82. The number of hydrogen-bond acceptors (Lipinski definition) is 0. The Labute approximate surface area is 275 Å². The van der Waals surface area contributed by atoms with Crippen LogP contribution in [0.5, 0.6) is 0 Å². The van der Waals surface area contributed by atoms with Crippen LogP contribution in [0.4, 0.5) is 0 Å². The second-order valence-electron chi connectivity index (χ2n) is 11.8. The van der Waals surface area contributed by atoms with Gasteiger partial charge in [-0.15, -0.1) is 0 Å². The SMILES string of the molecule is CC[P+](CCCCCCCCC[P+](CC)(Cc1ccccc1)c1ccccc1)(Cc1ccccc1)c1ccccc1.[I-]. The van der Waals surface area contributed by atoms with Crippen LogP contribution < -0.4 is 34.6 Å². The minimum Gasteiger partial charge on any atom is -1.00 e. The first-order valence-corrected chi connectivity index (χ1v) is 20.8. The smallest absolute Gasteiger partial charge is 0.0942 e. The lowest BCUT2D eigenvalue weighted by atomic mass is 10.1. The number of unbranched alkanes of at least 4 members (excludes halogenated alkanes) is 6. The molecule has 0 bridgehead atoms. The molecule has 0 aliphatic rings. The van der Waals surface area contributed by atoms with Crippen LogP contribution in [0.15, 0.2) is 121 Å². The van der Waals surface area contributed by atoms with E-state index >= 15 is 0 Å². The van der Waals surface area contributed by atoms with Gasteiger partial charge in [-0.3, -0.25) is 0 Å². The van der Waals surface area contributed by atoms with Crippen LogP contribution >= 0.6 is 14.5 Å². The Bertz CT molecular complexity index is 1130. The fraction of sp³-hybridized carbons (Fsp3) is 0.385. The fourth-order valence-electron chi connectivity index (χ4n) is 6.57. The second-order valence-corrected chi connectivity index (χ2v) is 20.2. The zero-order chi connectivity index (χ0) is 28.6. The van der Waals surface area contributed by atoms with Crippen molar-refractivity contribution < 1.29 is 24.0 Å². The van der Waals surface area contributed by atoms with Crippen molar-refractivity contribution in [3.05, 3.63) is 132 Å². The molecule has 2 atom stereocenters. The Morgan fingerprint density at radius 2 is 0.667 bits per heavy atom. The van der Waals surface area contributed by atoms with E-state index in [2.05, 4.69) is 135 Å². The lowest BCUT2D eigenvalue weighted by Crippen LogP contribution is -3.00. The minimum absolute atomic E-state index is 0. The van der Waals surface area contributed by atoms with Gasteiger partial charge in [0.05, 0.1) is 62.1 Å². The van der Waals surface area contributed by atoms with Gasteiger partial charge < -0.3 is 24.0 Å². The molecule has 4 rings (SSSR count). The quantitative estimate of drug-likeness (QED) is 0.0562. The van der Waals surface area contributed by atoms with Crippen molar-refractivity contribution in [2.45, 2.75) is 71.1 Å². The molecule has 2 unspecified atom stereocenters. The van der Waals surface area contributed by atoms with Crippen molar-refractivity contribution in [1.82, 2.24) is 0 Å². The molecule has 42 heavy (non-hydrogen) atoms. The lowest BCUT2D eigenvalue weighted by molar-refractivity contribution is -0.00000850. The van der Waals surface area contributed by atoms with Gasteiger partial charge in [0.2, 0.25) is 0 Å². The monoisotopic (exact) mass is 709 g/mol. The largest absolute Gasteiger partial charge is 1.00 e. The van der Waals surface area contributed by atoms with Gasteiger partial charge in [0, 0.05) is 0 Å². The highest BCUT2D eigenvalue weighted by Gasteiger charge is 2.38. The van der Waals surface area contributed by atoms with Crippen molar-refractivity contribution in [1.29, 1.82) is 0 Å². The Hall–Kier alpha value is -1.53. The molecule has 0 aliphatic carbocycles. The number of rotatable bonds is 18. The average Bonchev–Trinajstić information content (AvgIpc) is 3.04. The summed E-state index contributed by atoms with van der Waals surface area (Å²) in [6, 6.07) is 45.4. The van der Waals surface area contributed by atoms with E-state index in [0.717, 1.165) is 0 Å². The van der Waals surface area contributed by atoms with Crippen LogP contribution in [-0.4, -0.2) is 24.6 Å². The fourth-order valence-corrected chi connectivity index (χ4v) is 14.7. The molecule has 0 fully saturated rings. The summed E-state index contributed by atoms with van der Waals surface area (Å²) in [7, 11) is -2.39. The van der Waals surface area contributed by atoms with Crippen LogP contribution in [-0.2, 0) is 12.3 Å². The van der Waals surface area contributed by atoms with Gasteiger partial charge in [-0.1, -0.05) is 116 Å². The number of halogens is 1. The third-order valence-electron chi connectivity index (χ3n) is 9.15. The van der Waals surface area contributed by atoms with Gasteiger partial charge in [-0.25, -0.2) is 0 Å². The summed E-state index contributed by atoms with van der Waals surface area (Å²) in [4.78, 5) is 0. The first-order valence-electron chi connectivity index (χ1n) is 16.1. The topological polar surface area (TPSA) is 0 Å². The predicted octanol–water partition coefficient (Wildman–Crippen LogP) is 7.85. The molecule has 0 heterocycles. The van der Waals surface area contributed by atoms with E-state index in [1.165, 1.54) is 93.0 Å². The first kappa shape index (κ1) is 35.0. The van der Waals surface area contributed by atoms with Crippen LogP contribution in [0.3, 0.4) is 0 Å². The highest BCUT2D eigenvalue weighted by Crippen LogP contribution is 2.61. The standard InChI is InChI=1S/C39H52P2.HI/c1-3-40(38-28-18-12-19-29-38,34-36-24-14-10-15-25-36)32-22-8-6-5-7-9-23-33-41(4-2,39-30-20-13-21-31-39)35-37-26-16-11-17-27-37;/h10-21,24-31H,3-9,22-23,32-35H2,1-2H3;1H/q+2;/p-1. The zero-order valence-corrected chi connectivity index (χ0v) is 30.0. The van der Waals surface area contributed by atoms with Crippen LogP contribution in [0.1, 0.15) is 69.9 Å². The maximum absolute atomic E-state index is 2.44. The Balaban J connectivity index is 0.00000484. The van der Waals surface area contributed by atoms with Crippen molar-refractivity contribution in [2.24, 2.45) is 0 Å². The average molecular weight is 710 g/mol. The third kappa shape index (κ3) is 10.3. The Morgan fingerprint density at radius 3 is 0.976 bits per heavy atom. The van der Waals surface area contributed by atoms with Crippen LogP contribution in [0, 0.1) is 0 Å². The zero-order valence-electron chi connectivity index (χ0n) is 26.0. The van der Waals surface area contributed by atoms with Gasteiger partial charge in [-0.2, -0.15) is 0 Å². The normalized spacial score (nSPS) is 14.0. The molecule has 0 aliphatic heterocycles. The maximum atomic E-state index is 2.44. The molecule has 0 saturated heterocycles. The molecule has 0 saturated carbocycles. The first-order chi connectivity index (χ1) is 20.2. The number of hydrogen-bond donors (Lipinski definition) is 0. The molecular weight excluding hydrogens is 657 g/mol. The summed E-state index contributed by atoms with van der Waals surface area (Å²) in [5.74, 6) is 0. The van der Waals surface area contributed by atoms with Crippen LogP contribution in [0.2, 0.25) is 0 Å². The van der Waals surface area contributed by atoms with Gasteiger partial charge in [-0.05, 0) is 74.9 Å². The van der Waals surface area contributed by atoms with E-state index in [4.69, 9.17) is 0 Å². The third-order valence-corrected chi connectivity index (χ3v) is 18.6. The van der Waals surface area contributed by atoms with E-state index in [1.54, 1.807) is 10.6 Å². The maximum Gasteiger partial charge on any atom is 0.0942 e. The minimum atomic E-state index is -1.19. The van der Waals surface area contributed by atoms with Crippen molar-refractivity contribution >= 4 is 25.1 Å². The molecule has 0 amide bonds. The van der Waals surface area contributed by atoms with E-state index < -0.39 is 14.5 Å². The summed E-state index contributed by atoms with van der Waals surface area (Å²) in [5.41, 5.74) is 3.03. The second kappa shape index (κ2) is 19.0.